The monoisotopic (exact) mass is 372 g/mol. The second-order valence-corrected chi connectivity index (χ2v) is 5.12. The number of halogens is 4. The summed E-state index contributed by atoms with van der Waals surface area (Å²) >= 11 is 0. The zero-order chi connectivity index (χ0) is 19.3. The van der Waals surface area contributed by atoms with Gasteiger partial charge in [-0.2, -0.15) is 17.6 Å². The molecule has 0 aliphatic heterocycles. The lowest BCUT2D eigenvalue weighted by molar-refractivity contribution is -0.387. The molecule has 1 amide bonds. The third kappa shape index (κ3) is 4.68. The lowest BCUT2D eigenvalue weighted by Gasteiger charge is -2.22. The summed E-state index contributed by atoms with van der Waals surface area (Å²) < 4.78 is 58.5. The maximum absolute atomic E-state index is 14.1. The number of alkyl halides is 3. The van der Waals surface area contributed by atoms with E-state index in [1.54, 1.807) is 30.3 Å². The Morgan fingerprint density at radius 2 is 1.81 bits per heavy atom. The lowest BCUT2D eigenvalue weighted by Crippen LogP contribution is -2.39. The van der Waals surface area contributed by atoms with Crippen LogP contribution in [0.4, 0.5) is 28.0 Å². The Morgan fingerprint density at radius 1 is 1.15 bits per heavy atom. The first kappa shape index (κ1) is 19.2. The molecule has 2 rings (SSSR count). The Bertz CT molecular complexity index is 797. The van der Waals surface area contributed by atoms with Crippen molar-refractivity contribution in [3.05, 3.63) is 75.6 Å². The van der Waals surface area contributed by atoms with E-state index in [4.69, 9.17) is 0 Å². The van der Waals surface area contributed by atoms with E-state index in [0.717, 1.165) is 12.1 Å². The summed E-state index contributed by atoms with van der Waals surface area (Å²) in [5, 5.41) is 12.2. The highest BCUT2D eigenvalue weighted by atomic mass is 19.4. The zero-order valence-electron chi connectivity index (χ0n) is 13.0. The van der Waals surface area contributed by atoms with Gasteiger partial charge in [0.05, 0.1) is 4.92 Å². The highest BCUT2D eigenvalue weighted by molar-refractivity contribution is 5.68. The van der Waals surface area contributed by atoms with E-state index in [1.807, 2.05) is 0 Å². The number of carbonyl (C=O) groups is 1. The number of hydrogen-bond donors (Lipinski definition) is 1. The van der Waals surface area contributed by atoms with Crippen molar-refractivity contribution in [1.29, 1.82) is 0 Å². The first-order chi connectivity index (χ1) is 12.2. The van der Waals surface area contributed by atoms with Crippen LogP contribution in [0.25, 0.3) is 0 Å². The van der Waals surface area contributed by atoms with Gasteiger partial charge in [0.15, 0.2) is 6.04 Å². The minimum Gasteiger partial charge on any atom is -0.445 e. The number of nitrogens with one attached hydrogen (secondary N) is 1. The number of rotatable bonds is 5. The van der Waals surface area contributed by atoms with Gasteiger partial charge >= 0.3 is 18.0 Å². The zero-order valence-corrected chi connectivity index (χ0v) is 13.0. The third-order valence-electron chi connectivity index (χ3n) is 3.32. The maximum atomic E-state index is 14.1. The second-order valence-electron chi connectivity index (χ2n) is 5.12. The molecule has 10 heteroatoms. The number of nitro groups is 1. The summed E-state index contributed by atoms with van der Waals surface area (Å²) in [6.45, 7) is -0.297. The van der Waals surface area contributed by atoms with Crippen LogP contribution in [0.2, 0.25) is 0 Å². The van der Waals surface area contributed by atoms with Gasteiger partial charge in [-0.3, -0.25) is 10.1 Å². The second kappa shape index (κ2) is 7.81. The molecule has 1 N–H and O–H groups in total. The molecule has 0 aliphatic carbocycles. The normalized spacial score (nSPS) is 12.3. The summed E-state index contributed by atoms with van der Waals surface area (Å²) in [4.78, 5) is 21.2. The Balaban J connectivity index is 2.20. The molecule has 0 bridgehead atoms. The minimum absolute atomic E-state index is 0.297. The Hall–Kier alpha value is -3.17. The largest absolute Gasteiger partial charge is 0.445 e. The fourth-order valence-corrected chi connectivity index (χ4v) is 2.12. The van der Waals surface area contributed by atoms with E-state index in [-0.39, 0.29) is 6.61 Å². The molecule has 0 heterocycles. The molecule has 0 aromatic heterocycles. The van der Waals surface area contributed by atoms with Crippen LogP contribution in [-0.4, -0.2) is 17.2 Å². The molecule has 138 valence electrons. The van der Waals surface area contributed by atoms with Crippen molar-refractivity contribution in [1.82, 2.24) is 5.32 Å². The molecular weight excluding hydrogens is 360 g/mol. The van der Waals surface area contributed by atoms with E-state index >= 15 is 0 Å². The molecule has 0 fully saturated rings. The molecule has 1 unspecified atom stereocenters. The van der Waals surface area contributed by atoms with Crippen molar-refractivity contribution in [2.45, 2.75) is 18.8 Å². The molecule has 1 atom stereocenters. The number of ether oxygens (including phenoxy) is 1. The van der Waals surface area contributed by atoms with Crippen LogP contribution in [0.5, 0.6) is 0 Å². The number of alkyl carbamates (subject to hydrolysis) is 1. The van der Waals surface area contributed by atoms with Crippen LogP contribution in [-0.2, 0) is 11.3 Å². The minimum atomic E-state index is -5.10. The summed E-state index contributed by atoms with van der Waals surface area (Å²) in [5.74, 6) is -1.68. The van der Waals surface area contributed by atoms with Gasteiger partial charge in [-0.15, -0.1) is 0 Å². The van der Waals surface area contributed by atoms with Gasteiger partial charge in [0.1, 0.15) is 6.61 Å². The SMILES string of the molecule is O=C(NC(c1cccc([N+](=O)[O-])c1F)C(F)(F)F)OCc1ccccc1. The summed E-state index contributed by atoms with van der Waals surface area (Å²) in [7, 11) is 0. The van der Waals surface area contributed by atoms with E-state index in [1.165, 1.54) is 5.32 Å². The maximum Gasteiger partial charge on any atom is 0.413 e. The molecule has 0 spiro atoms. The Morgan fingerprint density at radius 3 is 2.38 bits per heavy atom. The van der Waals surface area contributed by atoms with Gasteiger partial charge in [-0.05, 0) is 5.56 Å². The lowest BCUT2D eigenvalue weighted by atomic mass is 10.0. The van der Waals surface area contributed by atoms with Crippen molar-refractivity contribution >= 4 is 11.8 Å². The molecule has 26 heavy (non-hydrogen) atoms. The summed E-state index contributed by atoms with van der Waals surface area (Å²) in [6.07, 6.45) is -6.54. The van der Waals surface area contributed by atoms with E-state index in [9.17, 15) is 32.5 Å². The average Bonchev–Trinajstić information content (AvgIpc) is 2.58. The Labute approximate surface area is 144 Å². The molecule has 2 aromatic rings. The van der Waals surface area contributed by atoms with Crippen LogP contribution < -0.4 is 5.32 Å². The number of amides is 1. The van der Waals surface area contributed by atoms with Gasteiger partial charge in [0.25, 0.3) is 0 Å². The van der Waals surface area contributed by atoms with Crippen LogP contribution >= 0.6 is 0 Å². The van der Waals surface area contributed by atoms with E-state index < -0.39 is 40.3 Å². The van der Waals surface area contributed by atoms with Gasteiger partial charge < -0.3 is 10.1 Å². The van der Waals surface area contributed by atoms with Gasteiger partial charge in [-0.1, -0.05) is 42.5 Å². The number of benzene rings is 2. The predicted octanol–water partition coefficient (Wildman–Crippen LogP) is 4.26. The first-order valence-corrected chi connectivity index (χ1v) is 7.17. The topological polar surface area (TPSA) is 81.5 Å². The average molecular weight is 372 g/mol. The van der Waals surface area contributed by atoms with Crippen LogP contribution in [0.3, 0.4) is 0 Å². The summed E-state index contributed by atoms with van der Waals surface area (Å²) in [5.41, 5.74) is -1.67. The molecule has 0 aliphatic rings. The standard InChI is InChI=1S/C16H12F4N2O4/c17-13-11(7-4-8-12(13)22(24)25)14(16(18,19)20)21-15(23)26-9-10-5-2-1-3-6-10/h1-8,14H,9H2,(H,21,23). The quantitative estimate of drug-likeness (QED) is 0.483. The molecule has 0 radical (unpaired) electrons. The molecule has 0 saturated heterocycles. The van der Waals surface area contributed by atoms with E-state index in [2.05, 4.69) is 4.74 Å². The number of nitro benzene ring substituents is 1. The fourth-order valence-electron chi connectivity index (χ4n) is 2.12. The summed E-state index contributed by atoms with van der Waals surface area (Å²) in [6, 6.07) is 7.70. The first-order valence-electron chi connectivity index (χ1n) is 7.17. The smallest absolute Gasteiger partial charge is 0.413 e. The predicted molar refractivity (Wildman–Crippen MR) is 81.6 cm³/mol. The molecule has 0 saturated carbocycles. The number of hydrogen-bond acceptors (Lipinski definition) is 4. The Kier molecular flexibility index (Phi) is 5.75. The molecular formula is C16H12F4N2O4. The van der Waals surface area contributed by atoms with Gasteiger partial charge in [0.2, 0.25) is 5.82 Å². The number of nitrogens with zero attached hydrogens (tertiary/aromatic N) is 1. The van der Waals surface area contributed by atoms with Crippen molar-refractivity contribution in [3.63, 3.8) is 0 Å². The molecule has 2 aromatic carbocycles. The van der Waals surface area contributed by atoms with Gasteiger partial charge in [0, 0.05) is 11.6 Å². The van der Waals surface area contributed by atoms with Gasteiger partial charge in [-0.25, -0.2) is 4.79 Å². The van der Waals surface area contributed by atoms with E-state index in [0.29, 0.717) is 11.6 Å². The van der Waals surface area contributed by atoms with Crippen LogP contribution in [0.1, 0.15) is 17.2 Å². The van der Waals surface area contributed by atoms with Crippen molar-refractivity contribution < 1.29 is 32.0 Å². The highest BCUT2D eigenvalue weighted by Crippen LogP contribution is 2.36. The van der Waals surface area contributed by atoms with Crippen LogP contribution in [0.15, 0.2) is 48.5 Å². The molecule has 6 nitrogen and oxygen atoms in total. The highest BCUT2D eigenvalue weighted by Gasteiger charge is 2.44. The van der Waals surface area contributed by atoms with Crippen molar-refractivity contribution in [2.24, 2.45) is 0 Å². The third-order valence-corrected chi connectivity index (χ3v) is 3.32. The number of carbonyl (C=O) groups excluding carboxylic acids is 1. The van der Waals surface area contributed by atoms with Crippen molar-refractivity contribution in [2.75, 3.05) is 0 Å². The van der Waals surface area contributed by atoms with Crippen molar-refractivity contribution in [3.8, 4) is 0 Å². The fraction of sp³-hybridized carbons (Fsp3) is 0.188. The van der Waals surface area contributed by atoms with Crippen LogP contribution in [0, 0.1) is 15.9 Å².